The molecule has 0 bridgehead atoms. The Morgan fingerprint density at radius 1 is 0.436 bits per heavy atom. The van der Waals surface area contributed by atoms with Gasteiger partial charge in [-0.2, -0.15) is 0 Å². The molecule has 1 heterocycles. The molecule has 0 N–H and O–H groups in total. The molecule has 1 aromatic heterocycles. The van der Waals surface area contributed by atoms with Gasteiger partial charge < -0.3 is 4.57 Å². The zero-order valence-electron chi connectivity index (χ0n) is 21.8. The van der Waals surface area contributed by atoms with Crippen LogP contribution in [0.2, 0.25) is 0 Å². The molecule has 39 heavy (non-hydrogen) atoms. The lowest BCUT2D eigenvalue weighted by molar-refractivity contribution is 0.769. The number of hydrogen-bond donors (Lipinski definition) is 0. The zero-order valence-corrected chi connectivity index (χ0v) is 21.8. The fraction of sp³-hybridized carbons (Fsp3) is 0.0526. The van der Waals surface area contributed by atoms with E-state index in [2.05, 4.69) is 157 Å². The van der Waals surface area contributed by atoms with Gasteiger partial charge in [0.05, 0.1) is 5.41 Å². The first kappa shape index (κ1) is 22.1. The number of rotatable bonds is 3. The SMILES string of the molecule is Cn1c2ccccc2c2cc(-c3ccc4c(c3)C(c3ccccc3)(c3ccccc3)c3ccccc3-4)ccc21. The van der Waals surface area contributed by atoms with Crippen LogP contribution in [0.1, 0.15) is 22.3 Å². The van der Waals surface area contributed by atoms with Crippen LogP contribution < -0.4 is 0 Å². The third kappa shape index (κ3) is 3.02. The van der Waals surface area contributed by atoms with Crippen molar-refractivity contribution in [3.05, 3.63) is 168 Å². The molecular formula is C38H27N. The van der Waals surface area contributed by atoms with E-state index >= 15 is 0 Å². The van der Waals surface area contributed by atoms with Gasteiger partial charge in [-0.15, -0.1) is 0 Å². The maximum absolute atomic E-state index is 2.45. The Hall–Kier alpha value is -4.88. The highest BCUT2D eigenvalue weighted by Crippen LogP contribution is 2.56. The zero-order chi connectivity index (χ0) is 26.0. The molecule has 1 heteroatoms. The summed E-state index contributed by atoms with van der Waals surface area (Å²) in [4.78, 5) is 0. The number of aromatic nitrogens is 1. The van der Waals surface area contributed by atoms with E-state index in [1.165, 1.54) is 66.3 Å². The molecule has 0 unspecified atom stereocenters. The summed E-state index contributed by atoms with van der Waals surface area (Å²) in [6, 6.07) is 53.7. The van der Waals surface area contributed by atoms with Crippen molar-refractivity contribution < 1.29 is 0 Å². The third-order valence-electron chi connectivity index (χ3n) is 8.71. The molecule has 6 aromatic carbocycles. The molecule has 8 rings (SSSR count). The quantitative estimate of drug-likeness (QED) is 0.229. The van der Waals surface area contributed by atoms with E-state index in [9.17, 15) is 0 Å². The molecular weight excluding hydrogens is 470 g/mol. The Kier molecular flexibility index (Phi) is 4.72. The van der Waals surface area contributed by atoms with Gasteiger partial charge in [-0.3, -0.25) is 0 Å². The first-order chi connectivity index (χ1) is 19.3. The van der Waals surface area contributed by atoms with Gasteiger partial charge >= 0.3 is 0 Å². The van der Waals surface area contributed by atoms with Crippen molar-refractivity contribution in [2.75, 3.05) is 0 Å². The van der Waals surface area contributed by atoms with Gasteiger partial charge in [0.1, 0.15) is 0 Å². The van der Waals surface area contributed by atoms with Gasteiger partial charge in [0.15, 0.2) is 0 Å². The number of nitrogens with zero attached hydrogens (tertiary/aromatic N) is 1. The topological polar surface area (TPSA) is 4.93 Å². The molecule has 0 aliphatic heterocycles. The van der Waals surface area contributed by atoms with E-state index in [0.29, 0.717) is 0 Å². The highest BCUT2D eigenvalue weighted by atomic mass is 14.9. The summed E-state index contributed by atoms with van der Waals surface area (Å²) in [6.45, 7) is 0. The molecule has 1 aliphatic rings. The van der Waals surface area contributed by atoms with Crippen LogP contribution in [0.4, 0.5) is 0 Å². The maximum Gasteiger partial charge on any atom is 0.0713 e. The molecule has 0 fully saturated rings. The molecule has 0 amide bonds. The lowest BCUT2D eigenvalue weighted by Crippen LogP contribution is -2.28. The van der Waals surface area contributed by atoms with E-state index < -0.39 is 0 Å². The van der Waals surface area contributed by atoms with Gasteiger partial charge in [0.2, 0.25) is 0 Å². The second kappa shape index (κ2) is 8.31. The number of hydrogen-bond acceptors (Lipinski definition) is 0. The van der Waals surface area contributed by atoms with Crippen LogP contribution in [-0.4, -0.2) is 4.57 Å². The molecule has 184 valence electrons. The van der Waals surface area contributed by atoms with Crippen LogP contribution in [0.5, 0.6) is 0 Å². The summed E-state index contributed by atoms with van der Waals surface area (Å²) in [5, 5.41) is 2.60. The van der Waals surface area contributed by atoms with Gasteiger partial charge in [-0.05, 0) is 68.8 Å². The van der Waals surface area contributed by atoms with Crippen molar-refractivity contribution in [1.82, 2.24) is 4.57 Å². The number of aryl methyl sites for hydroxylation is 1. The fourth-order valence-electron chi connectivity index (χ4n) is 6.97. The maximum atomic E-state index is 2.45. The van der Waals surface area contributed by atoms with Crippen LogP contribution in [0, 0.1) is 0 Å². The first-order valence-electron chi connectivity index (χ1n) is 13.6. The van der Waals surface area contributed by atoms with Crippen LogP contribution >= 0.6 is 0 Å². The van der Waals surface area contributed by atoms with Crippen molar-refractivity contribution in [2.45, 2.75) is 5.41 Å². The van der Waals surface area contributed by atoms with Gasteiger partial charge in [0, 0.05) is 28.9 Å². The summed E-state index contributed by atoms with van der Waals surface area (Å²) in [7, 11) is 2.16. The number of fused-ring (bicyclic) bond motifs is 6. The first-order valence-corrected chi connectivity index (χ1v) is 13.6. The standard InChI is InChI=1S/C38H27N/c1-39-36-19-11-9-17-32(36)33-24-26(21-23-37(33)39)27-20-22-31-30-16-8-10-18-34(30)38(35(31)25-27,28-12-4-2-5-13-28)29-14-6-3-7-15-29/h2-25H,1H3. The Morgan fingerprint density at radius 2 is 1.00 bits per heavy atom. The van der Waals surface area contributed by atoms with Crippen LogP contribution in [-0.2, 0) is 12.5 Å². The summed E-state index contributed by atoms with van der Waals surface area (Å²) < 4.78 is 2.30. The summed E-state index contributed by atoms with van der Waals surface area (Å²) in [5.74, 6) is 0. The second-order valence-electron chi connectivity index (χ2n) is 10.6. The Balaban J connectivity index is 1.43. The molecule has 0 radical (unpaired) electrons. The molecule has 0 spiro atoms. The van der Waals surface area contributed by atoms with E-state index in [-0.39, 0.29) is 5.41 Å². The van der Waals surface area contributed by atoms with Crippen molar-refractivity contribution in [2.24, 2.45) is 7.05 Å². The predicted octanol–water partition coefficient (Wildman–Crippen LogP) is 9.36. The average Bonchev–Trinajstić information content (AvgIpc) is 3.47. The number of para-hydroxylation sites is 1. The Morgan fingerprint density at radius 3 is 1.77 bits per heavy atom. The minimum atomic E-state index is -0.381. The van der Waals surface area contributed by atoms with Crippen molar-refractivity contribution >= 4 is 21.8 Å². The minimum absolute atomic E-state index is 0.381. The summed E-state index contributed by atoms with van der Waals surface area (Å²) in [6.07, 6.45) is 0. The second-order valence-corrected chi connectivity index (χ2v) is 10.6. The molecule has 7 aromatic rings. The lowest BCUT2D eigenvalue weighted by atomic mass is 9.67. The van der Waals surface area contributed by atoms with E-state index in [0.717, 1.165) is 0 Å². The summed E-state index contributed by atoms with van der Waals surface area (Å²) >= 11 is 0. The van der Waals surface area contributed by atoms with Gasteiger partial charge in [-0.25, -0.2) is 0 Å². The van der Waals surface area contributed by atoms with Crippen molar-refractivity contribution in [3.8, 4) is 22.3 Å². The largest absolute Gasteiger partial charge is 0.344 e. The monoisotopic (exact) mass is 497 g/mol. The van der Waals surface area contributed by atoms with Crippen molar-refractivity contribution in [1.29, 1.82) is 0 Å². The Labute approximate surface area is 228 Å². The van der Waals surface area contributed by atoms with Crippen LogP contribution in [0.15, 0.2) is 146 Å². The van der Waals surface area contributed by atoms with Crippen LogP contribution in [0.3, 0.4) is 0 Å². The number of benzene rings is 6. The van der Waals surface area contributed by atoms with E-state index in [4.69, 9.17) is 0 Å². The van der Waals surface area contributed by atoms with E-state index in [1.807, 2.05) is 0 Å². The highest BCUT2D eigenvalue weighted by molar-refractivity contribution is 6.09. The molecule has 0 saturated carbocycles. The Bertz CT molecular complexity index is 1970. The summed E-state index contributed by atoms with van der Waals surface area (Å²) in [5.41, 5.74) is 12.5. The molecule has 1 nitrogen and oxygen atoms in total. The van der Waals surface area contributed by atoms with Crippen LogP contribution in [0.25, 0.3) is 44.1 Å². The minimum Gasteiger partial charge on any atom is -0.344 e. The molecule has 1 aliphatic carbocycles. The van der Waals surface area contributed by atoms with Gasteiger partial charge in [-0.1, -0.05) is 121 Å². The van der Waals surface area contributed by atoms with E-state index in [1.54, 1.807) is 0 Å². The third-order valence-corrected chi connectivity index (χ3v) is 8.71. The highest BCUT2D eigenvalue weighted by Gasteiger charge is 2.45. The average molecular weight is 498 g/mol. The van der Waals surface area contributed by atoms with Gasteiger partial charge in [0.25, 0.3) is 0 Å². The normalized spacial score (nSPS) is 13.5. The molecule has 0 saturated heterocycles. The van der Waals surface area contributed by atoms with Crippen molar-refractivity contribution in [3.63, 3.8) is 0 Å². The lowest BCUT2D eigenvalue weighted by Gasteiger charge is -2.34. The molecule has 0 atom stereocenters. The smallest absolute Gasteiger partial charge is 0.0713 e. The predicted molar refractivity (Wildman–Crippen MR) is 163 cm³/mol. The fourth-order valence-corrected chi connectivity index (χ4v) is 6.97.